The third kappa shape index (κ3) is 3.70. The van der Waals surface area contributed by atoms with E-state index < -0.39 is 5.82 Å². The number of aromatic nitrogens is 2. The van der Waals surface area contributed by atoms with Crippen molar-refractivity contribution in [1.82, 2.24) is 14.9 Å². The second-order valence-electron chi connectivity index (χ2n) is 8.46. The van der Waals surface area contributed by atoms with Gasteiger partial charge in [0.05, 0.1) is 36.3 Å². The number of aryl methyl sites for hydroxylation is 1. The van der Waals surface area contributed by atoms with E-state index in [-0.39, 0.29) is 18.0 Å². The molecule has 33 heavy (non-hydrogen) atoms. The van der Waals surface area contributed by atoms with Gasteiger partial charge in [-0.25, -0.2) is 9.37 Å². The van der Waals surface area contributed by atoms with Crippen LogP contribution in [0.3, 0.4) is 0 Å². The van der Waals surface area contributed by atoms with Crippen molar-refractivity contribution in [3.63, 3.8) is 0 Å². The molecule has 0 saturated carbocycles. The Morgan fingerprint density at radius 3 is 2.58 bits per heavy atom. The fraction of sp³-hybridized carbons (Fsp3) is 0.320. The summed E-state index contributed by atoms with van der Waals surface area (Å²) in [6.07, 6.45) is 1.54. The first-order valence-corrected chi connectivity index (χ1v) is 11.0. The molecule has 2 aliphatic rings. The van der Waals surface area contributed by atoms with Gasteiger partial charge in [0.25, 0.3) is 5.91 Å². The highest BCUT2D eigenvalue weighted by Gasteiger charge is 2.33. The molecule has 1 aromatic carbocycles. The van der Waals surface area contributed by atoms with Crippen molar-refractivity contribution < 1.29 is 13.9 Å². The van der Waals surface area contributed by atoms with Gasteiger partial charge >= 0.3 is 0 Å². The van der Waals surface area contributed by atoms with Crippen molar-refractivity contribution in [3.8, 4) is 17.0 Å². The molecular formula is C25H26FN5O2. The molecule has 0 bridgehead atoms. The van der Waals surface area contributed by atoms with Crippen LogP contribution in [0.2, 0.25) is 0 Å². The molecule has 3 aromatic rings. The topological polar surface area (TPSA) is 61.8 Å². The Hall–Kier alpha value is -3.52. The molecule has 2 aliphatic heterocycles. The number of hydrogen-bond donors (Lipinski definition) is 0. The van der Waals surface area contributed by atoms with Crippen molar-refractivity contribution in [2.75, 3.05) is 50.1 Å². The highest BCUT2D eigenvalue weighted by atomic mass is 19.1. The molecule has 1 amide bonds. The summed E-state index contributed by atoms with van der Waals surface area (Å²) in [7, 11) is 3.62. The van der Waals surface area contributed by atoms with Crippen molar-refractivity contribution in [2.45, 2.75) is 13.5 Å². The molecule has 0 radical (unpaired) electrons. The van der Waals surface area contributed by atoms with Crippen LogP contribution in [0.25, 0.3) is 11.3 Å². The Balaban J connectivity index is 1.48. The van der Waals surface area contributed by atoms with E-state index in [1.165, 1.54) is 19.4 Å². The summed E-state index contributed by atoms with van der Waals surface area (Å²) < 4.78 is 20.1. The highest BCUT2D eigenvalue weighted by molar-refractivity contribution is 6.10. The lowest BCUT2D eigenvalue weighted by Crippen LogP contribution is -2.44. The summed E-state index contributed by atoms with van der Waals surface area (Å²) in [4.78, 5) is 28.7. The number of ether oxygens (including phenoxy) is 1. The van der Waals surface area contributed by atoms with Crippen LogP contribution in [-0.2, 0) is 6.54 Å². The molecule has 4 heterocycles. The number of methoxy groups -OCH3 is 1. The van der Waals surface area contributed by atoms with Crippen LogP contribution in [0.1, 0.15) is 21.6 Å². The zero-order valence-corrected chi connectivity index (χ0v) is 19.0. The average Bonchev–Trinajstić information content (AvgIpc) is 3.16. The molecule has 5 rings (SSSR count). The van der Waals surface area contributed by atoms with Crippen LogP contribution in [0.4, 0.5) is 15.9 Å². The van der Waals surface area contributed by atoms with Gasteiger partial charge in [-0.1, -0.05) is 6.07 Å². The molecule has 1 fully saturated rings. The summed E-state index contributed by atoms with van der Waals surface area (Å²) >= 11 is 0. The molecule has 0 spiro atoms. The Labute approximate surface area is 192 Å². The second-order valence-corrected chi connectivity index (χ2v) is 8.46. The van der Waals surface area contributed by atoms with E-state index in [1.54, 1.807) is 23.1 Å². The summed E-state index contributed by atoms with van der Waals surface area (Å²) in [6.45, 7) is 6.17. The fourth-order valence-corrected chi connectivity index (χ4v) is 4.61. The monoisotopic (exact) mass is 447 g/mol. The number of anilines is 2. The van der Waals surface area contributed by atoms with Gasteiger partial charge in [-0.3, -0.25) is 14.7 Å². The van der Waals surface area contributed by atoms with Gasteiger partial charge in [0, 0.05) is 43.5 Å². The van der Waals surface area contributed by atoms with Crippen LogP contribution >= 0.6 is 0 Å². The van der Waals surface area contributed by atoms with Gasteiger partial charge in [0.1, 0.15) is 17.4 Å². The predicted octanol–water partition coefficient (Wildman–Crippen LogP) is 3.51. The van der Waals surface area contributed by atoms with Gasteiger partial charge in [-0.15, -0.1) is 0 Å². The number of piperazine rings is 1. The van der Waals surface area contributed by atoms with Crippen LogP contribution in [0, 0.1) is 12.7 Å². The van der Waals surface area contributed by atoms with Gasteiger partial charge in [0.15, 0.2) is 0 Å². The minimum absolute atomic E-state index is 0.164. The average molecular weight is 448 g/mol. The van der Waals surface area contributed by atoms with Crippen molar-refractivity contribution in [3.05, 3.63) is 65.2 Å². The van der Waals surface area contributed by atoms with E-state index in [9.17, 15) is 9.18 Å². The molecule has 8 heteroatoms. The first-order chi connectivity index (χ1) is 16.0. The minimum atomic E-state index is -0.438. The number of halogens is 1. The Morgan fingerprint density at radius 2 is 1.85 bits per heavy atom. The lowest BCUT2D eigenvalue weighted by molar-refractivity contribution is 0.0996. The maximum absolute atomic E-state index is 14.8. The number of hydrogen-bond acceptors (Lipinski definition) is 6. The number of rotatable bonds is 4. The van der Waals surface area contributed by atoms with Crippen molar-refractivity contribution in [1.29, 1.82) is 0 Å². The number of nitrogens with zero attached hydrogens (tertiary/aromatic N) is 5. The number of amides is 1. The van der Waals surface area contributed by atoms with E-state index in [4.69, 9.17) is 9.72 Å². The van der Waals surface area contributed by atoms with E-state index in [1.807, 2.05) is 19.1 Å². The SMILES string of the molecule is COc1cccc(F)c1-c1nccc2c1CN(c1ccc(N3CCN(C)CC3)c(C)n1)C2=O. The molecule has 1 saturated heterocycles. The molecular weight excluding hydrogens is 421 g/mol. The van der Waals surface area contributed by atoms with E-state index >= 15 is 0 Å². The summed E-state index contributed by atoms with van der Waals surface area (Å²) in [5.41, 5.74) is 3.84. The Kier molecular flexibility index (Phi) is 5.46. The van der Waals surface area contributed by atoms with Crippen LogP contribution in [0.15, 0.2) is 42.6 Å². The zero-order chi connectivity index (χ0) is 23.1. The first-order valence-electron chi connectivity index (χ1n) is 11.0. The first kappa shape index (κ1) is 21.3. The Bertz CT molecular complexity index is 1220. The van der Waals surface area contributed by atoms with Crippen molar-refractivity contribution >= 4 is 17.4 Å². The minimum Gasteiger partial charge on any atom is -0.496 e. The third-order valence-corrected chi connectivity index (χ3v) is 6.44. The summed E-state index contributed by atoms with van der Waals surface area (Å²) in [5, 5.41) is 0. The third-order valence-electron chi connectivity index (χ3n) is 6.44. The lowest BCUT2D eigenvalue weighted by Gasteiger charge is -2.34. The molecule has 2 aromatic heterocycles. The van der Waals surface area contributed by atoms with E-state index in [2.05, 4.69) is 21.8 Å². The quantitative estimate of drug-likeness (QED) is 0.610. The van der Waals surface area contributed by atoms with Crippen LogP contribution < -0.4 is 14.5 Å². The number of carbonyl (C=O) groups excluding carboxylic acids is 1. The van der Waals surface area contributed by atoms with Crippen LogP contribution in [0.5, 0.6) is 5.75 Å². The van der Waals surface area contributed by atoms with E-state index in [0.717, 1.165) is 37.6 Å². The number of benzene rings is 1. The lowest BCUT2D eigenvalue weighted by atomic mass is 10.0. The molecule has 170 valence electrons. The largest absolute Gasteiger partial charge is 0.496 e. The predicted molar refractivity (Wildman–Crippen MR) is 125 cm³/mol. The smallest absolute Gasteiger partial charge is 0.260 e. The number of carbonyl (C=O) groups is 1. The molecule has 0 N–H and O–H groups in total. The molecule has 0 aliphatic carbocycles. The van der Waals surface area contributed by atoms with Gasteiger partial charge < -0.3 is 14.5 Å². The van der Waals surface area contributed by atoms with Crippen molar-refractivity contribution in [2.24, 2.45) is 0 Å². The molecule has 0 atom stereocenters. The van der Waals surface area contributed by atoms with Gasteiger partial charge in [-0.05, 0) is 44.3 Å². The van der Waals surface area contributed by atoms with Gasteiger partial charge in [0.2, 0.25) is 0 Å². The van der Waals surface area contributed by atoms with Gasteiger partial charge in [-0.2, -0.15) is 0 Å². The standard InChI is InChI=1S/C25H26FN5O2/c1-16-20(30-13-11-29(2)12-14-30)7-8-22(28-16)31-15-18-17(25(31)32)9-10-27-24(18)23-19(26)5-4-6-21(23)33-3/h4-10H,11-15H2,1-3H3. The molecule has 0 unspecified atom stereocenters. The molecule has 7 nitrogen and oxygen atoms in total. The number of likely N-dealkylation sites (N-methyl/N-ethyl adjacent to an activating group) is 1. The van der Waals surface area contributed by atoms with Crippen LogP contribution in [-0.4, -0.2) is 61.1 Å². The highest BCUT2D eigenvalue weighted by Crippen LogP contribution is 2.38. The fourth-order valence-electron chi connectivity index (χ4n) is 4.61. The maximum atomic E-state index is 14.8. The van der Waals surface area contributed by atoms with E-state index in [0.29, 0.717) is 28.4 Å². The second kappa shape index (κ2) is 8.44. The summed E-state index contributed by atoms with van der Waals surface area (Å²) in [6, 6.07) is 10.3. The summed E-state index contributed by atoms with van der Waals surface area (Å²) in [5.74, 6) is 0.361. The zero-order valence-electron chi connectivity index (χ0n) is 19.0. The maximum Gasteiger partial charge on any atom is 0.260 e. The number of fused-ring (bicyclic) bond motifs is 1. The normalized spacial score (nSPS) is 16.3. The number of pyridine rings is 2. The Morgan fingerprint density at radius 1 is 1.06 bits per heavy atom.